The van der Waals surface area contributed by atoms with Crippen LogP contribution in [0.4, 0.5) is 4.39 Å². The zero-order valence-corrected chi connectivity index (χ0v) is 14.8. The van der Waals surface area contributed by atoms with Crippen LogP contribution in [0.5, 0.6) is 0 Å². The predicted octanol–water partition coefficient (Wildman–Crippen LogP) is 4.64. The summed E-state index contributed by atoms with van der Waals surface area (Å²) >= 11 is 3.64. The van der Waals surface area contributed by atoms with E-state index in [9.17, 15) is 4.39 Å². The summed E-state index contributed by atoms with van der Waals surface area (Å²) in [4.78, 5) is 6.43. The van der Waals surface area contributed by atoms with Crippen LogP contribution in [0.3, 0.4) is 0 Å². The van der Waals surface area contributed by atoms with Gasteiger partial charge in [-0.2, -0.15) is 0 Å². The van der Waals surface area contributed by atoms with Crippen LogP contribution in [-0.4, -0.2) is 16.4 Å². The average Bonchev–Trinajstić information content (AvgIpc) is 2.59. The molecule has 0 radical (unpaired) electrons. The van der Waals surface area contributed by atoms with Gasteiger partial charge in [-0.15, -0.1) is 0 Å². The van der Waals surface area contributed by atoms with Crippen molar-refractivity contribution in [1.29, 1.82) is 0 Å². The maximum atomic E-state index is 12.9. The Bertz CT molecular complexity index is 843. The largest absolute Gasteiger partial charge is 0.366 e. The van der Waals surface area contributed by atoms with Gasteiger partial charge in [0.05, 0.1) is 6.54 Å². The third kappa shape index (κ3) is 4.12. The van der Waals surface area contributed by atoms with Crippen LogP contribution in [0.25, 0.3) is 0 Å². The molecule has 0 atom stereocenters. The zero-order chi connectivity index (χ0) is 16.9. The summed E-state index contributed by atoms with van der Waals surface area (Å²) in [6, 6.07) is 10.2. The lowest BCUT2D eigenvalue weighted by Gasteiger charge is -2.29. The zero-order valence-electron chi connectivity index (χ0n) is 13.3. The highest BCUT2D eigenvalue weighted by Gasteiger charge is 2.15. The molecule has 1 aliphatic heterocycles. The summed E-state index contributed by atoms with van der Waals surface area (Å²) in [5.41, 5.74) is 4.09. The van der Waals surface area contributed by atoms with Crippen LogP contribution in [0, 0.1) is 17.7 Å². The molecule has 0 unspecified atom stereocenters. The van der Waals surface area contributed by atoms with Crippen molar-refractivity contribution < 1.29 is 4.39 Å². The third-order valence-electron chi connectivity index (χ3n) is 3.76. The van der Waals surface area contributed by atoms with Crippen LogP contribution in [0.1, 0.15) is 18.1 Å². The molecule has 3 rings (SSSR count). The molecule has 0 saturated carbocycles. The number of hydrogen-bond donors (Lipinski definition) is 0. The first kappa shape index (κ1) is 16.5. The van der Waals surface area contributed by atoms with E-state index in [1.54, 1.807) is 18.3 Å². The Balaban J connectivity index is 1.75. The molecule has 0 saturated heterocycles. The molecule has 0 amide bonds. The Morgan fingerprint density at radius 2 is 2.00 bits per heavy atom. The Labute approximate surface area is 149 Å². The lowest BCUT2D eigenvalue weighted by atomic mass is 10.1. The highest BCUT2D eigenvalue weighted by Crippen LogP contribution is 2.25. The van der Waals surface area contributed by atoms with Gasteiger partial charge in [0.25, 0.3) is 0 Å². The van der Waals surface area contributed by atoms with Crippen LogP contribution in [0.2, 0.25) is 0 Å². The second-order valence-corrected chi connectivity index (χ2v) is 6.54. The standard InChI is InChI=1S/C20H16BrFN2/c1-15-11-18(7-4-16-5-8-19(22)9-6-16)20(21)14-24(15)13-17-3-2-10-23-12-17/h2-3,5-6,8-12H,13-14H2,1H3. The number of aromatic nitrogens is 1. The van der Waals surface area contributed by atoms with Crippen molar-refractivity contribution in [3.8, 4) is 11.8 Å². The monoisotopic (exact) mass is 382 g/mol. The molecule has 2 heterocycles. The van der Waals surface area contributed by atoms with Gasteiger partial charge in [-0.25, -0.2) is 4.39 Å². The Morgan fingerprint density at radius 1 is 1.21 bits per heavy atom. The highest BCUT2D eigenvalue weighted by molar-refractivity contribution is 9.11. The minimum absolute atomic E-state index is 0.250. The molecular formula is C20H16BrFN2. The summed E-state index contributed by atoms with van der Waals surface area (Å²) in [7, 11) is 0. The maximum absolute atomic E-state index is 12.9. The number of halogens is 2. The average molecular weight is 383 g/mol. The quantitative estimate of drug-likeness (QED) is 0.703. The summed E-state index contributed by atoms with van der Waals surface area (Å²) in [6.07, 6.45) is 5.73. The minimum Gasteiger partial charge on any atom is -0.366 e. The van der Waals surface area contributed by atoms with Gasteiger partial charge < -0.3 is 4.90 Å². The van der Waals surface area contributed by atoms with E-state index in [-0.39, 0.29) is 5.82 Å². The van der Waals surface area contributed by atoms with Crippen molar-refractivity contribution in [2.24, 2.45) is 0 Å². The smallest absolute Gasteiger partial charge is 0.123 e. The number of nitrogens with zero attached hydrogens (tertiary/aromatic N) is 2. The van der Waals surface area contributed by atoms with E-state index in [2.05, 4.69) is 56.7 Å². The fraction of sp³-hybridized carbons (Fsp3) is 0.150. The van der Waals surface area contributed by atoms with Gasteiger partial charge in [0.2, 0.25) is 0 Å². The molecule has 0 aliphatic carbocycles. The van der Waals surface area contributed by atoms with E-state index in [1.807, 2.05) is 12.3 Å². The highest BCUT2D eigenvalue weighted by atomic mass is 79.9. The van der Waals surface area contributed by atoms with Gasteiger partial charge in [0.15, 0.2) is 0 Å². The minimum atomic E-state index is -0.250. The summed E-state index contributed by atoms with van der Waals surface area (Å²) in [6.45, 7) is 3.66. The molecule has 0 fully saturated rings. The molecule has 2 aromatic rings. The summed E-state index contributed by atoms with van der Waals surface area (Å²) in [5.74, 6) is 6.00. The van der Waals surface area contributed by atoms with Crippen molar-refractivity contribution in [3.05, 3.63) is 87.6 Å². The van der Waals surface area contributed by atoms with Gasteiger partial charge in [-0.3, -0.25) is 4.98 Å². The number of allylic oxidation sites excluding steroid dienone is 3. The number of rotatable bonds is 2. The van der Waals surface area contributed by atoms with E-state index < -0.39 is 0 Å². The summed E-state index contributed by atoms with van der Waals surface area (Å²) < 4.78 is 14.0. The van der Waals surface area contributed by atoms with Crippen molar-refractivity contribution in [3.63, 3.8) is 0 Å². The van der Waals surface area contributed by atoms with Gasteiger partial charge >= 0.3 is 0 Å². The van der Waals surface area contributed by atoms with E-state index in [0.717, 1.165) is 34.4 Å². The lowest BCUT2D eigenvalue weighted by Crippen LogP contribution is -2.25. The number of hydrogen-bond acceptors (Lipinski definition) is 2. The Kier molecular flexibility index (Phi) is 5.12. The van der Waals surface area contributed by atoms with E-state index in [1.165, 1.54) is 17.7 Å². The molecule has 1 aliphatic rings. The van der Waals surface area contributed by atoms with E-state index >= 15 is 0 Å². The van der Waals surface area contributed by atoms with Crippen LogP contribution in [-0.2, 0) is 6.54 Å². The lowest BCUT2D eigenvalue weighted by molar-refractivity contribution is 0.366. The molecular weight excluding hydrogens is 367 g/mol. The topological polar surface area (TPSA) is 16.1 Å². The second-order valence-electron chi connectivity index (χ2n) is 5.58. The first-order chi connectivity index (χ1) is 11.6. The van der Waals surface area contributed by atoms with Crippen LogP contribution >= 0.6 is 15.9 Å². The van der Waals surface area contributed by atoms with Crippen molar-refractivity contribution in [2.45, 2.75) is 13.5 Å². The molecule has 2 nitrogen and oxygen atoms in total. The fourth-order valence-electron chi connectivity index (χ4n) is 2.43. The van der Waals surface area contributed by atoms with E-state index in [0.29, 0.717) is 0 Å². The first-order valence-corrected chi connectivity index (χ1v) is 8.39. The van der Waals surface area contributed by atoms with Crippen molar-refractivity contribution >= 4 is 15.9 Å². The van der Waals surface area contributed by atoms with Gasteiger partial charge in [-0.05, 0) is 48.9 Å². The Hall–Kier alpha value is -2.38. The molecule has 0 spiro atoms. The number of pyridine rings is 1. The normalized spacial score (nSPS) is 14.1. The first-order valence-electron chi connectivity index (χ1n) is 7.60. The SMILES string of the molecule is CC1=CC(C#Cc2ccc(F)cc2)=C(Br)CN1Cc1cccnc1. The maximum Gasteiger partial charge on any atom is 0.123 e. The molecule has 1 aromatic heterocycles. The second kappa shape index (κ2) is 7.46. The molecule has 120 valence electrons. The van der Waals surface area contributed by atoms with Gasteiger partial charge in [0, 0.05) is 40.3 Å². The number of benzene rings is 1. The predicted molar refractivity (Wildman–Crippen MR) is 97.6 cm³/mol. The molecule has 0 N–H and O–H groups in total. The van der Waals surface area contributed by atoms with Crippen molar-refractivity contribution in [2.75, 3.05) is 6.54 Å². The Morgan fingerprint density at radius 3 is 2.71 bits per heavy atom. The van der Waals surface area contributed by atoms with Crippen LogP contribution < -0.4 is 0 Å². The van der Waals surface area contributed by atoms with Gasteiger partial charge in [0.1, 0.15) is 5.82 Å². The summed E-state index contributed by atoms with van der Waals surface area (Å²) in [5, 5.41) is 0. The molecule has 4 heteroatoms. The third-order valence-corrected chi connectivity index (χ3v) is 4.43. The fourth-order valence-corrected chi connectivity index (χ4v) is 2.94. The van der Waals surface area contributed by atoms with Crippen LogP contribution in [0.15, 0.2) is 70.6 Å². The van der Waals surface area contributed by atoms with Crippen molar-refractivity contribution in [1.82, 2.24) is 9.88 Å². The molecule has 0 bridgehead atoms. The van der Waals surface area contributed by atoms with E-state index in [4.69, 9.17) is 0 Å². The molecule has 1 aromatic carbocycles. The molecule has 24 heavy (non-hydrogen) atoms. The van der Waals surface area contributed by atoms with Gasteiger partial charge in [-0.1, -0.05) is 33.8 Å².